The Morgan fingerprint density at radius 1 is 1.04 bits per heavy atom. The van der Waals surface area contributed by atoms with Gasteiger partial charge in [-0.05, 0) is 42.2 Å². The van der Waals surface area contributed by atoms with E-state index in [1.165, 1.54) is 17.3 Å². The van der Waals surface area contributed by atoms with Gasteiger partial charge in [-0.1, -0.05) is 62.9 Å². The molecule has 0 unspecified atom stereocenters. The SMILES string of the molecule is CCN(C(=O)CSc1nnc(-c2ccc(C(C)(C)C)cc2)o1)c1ccccc1. The third-order valence-corrected chi connectivity index (χ3v) is 5.21. The predicted octanol–water partition coefficient (Wildman–Crippen LogP) is 5.18. The Hall–Kier alpha value is -2.60. The second-order valence-corrected chi connectivity index (χ2v) is 8.39. The highest BCUT2D eigenvalue weighted by Crippen LogP contribution is 2.27. The van der Waals surface area contributed by atoms with Crippen molar-refractivity contribution in [1.82, 2.24) is 10.2 Å². The number of amides is 1. The molecular formula is C22H25N3O2S. The van der Waals surface area contributed by atoms with Gasteiger partial charge in [-0.15, -0.1) is 10.2 Å². The standard InChI is InChI=1S/C22H25N3O2S/c1-5-25(18-9-7-6-8-10-18)19(26)15-28-21-24-23-20(27-21)16-11-13-17(14-12-16)22(2,3)4/h6-14H,5,15H2,1-4H3. The highest BCUT2D eigenvalue weighted by atomic mass is 32.2. The first kappa shape index (κ1) is 20.1. The molecule has 0 spiro atoms. The van der Waals surface area contributed by atoms with Crippen molar-refractivity contribution in [2.75, 3.05) is 17.2 Å². The molecule has 3 aromatic rings. The van der Waals surface area contributed by atoms with E-state index in [-0.39, 0.29) is 17.1 Å². The van der Waals surface area contributed by atoms with E-state index in [1.807, 2.05) is 49.4 Å². The molecule has 1 heterocycles. The normalized spacial score (nSPS) is 11.4. The van der Waals surface area contributed by atoms with Crippen LogP contribution in [0.3, 0.4) is 0 Å². The maximum atomic E-state index is 12.6. The molecule has 0 aliphatic rings. The fourth-order valence-electron chi connectivity index (χ4n) is 2.81. The summed E-state index contributed by atoms with van der Waals surface area (Å²) in [7, 11) is 0. The first-order chi connectivity index (χ1) is 13.4. The molecule has 0 fully saturated rings. The van der Waals surface area contributed by atoms with E-state index in [0.717, 1.165) is 11.3 Å². The molecule has 2 aromatic carbocycles. The molecule has 0 radical (unpaired) electrons. The lowest BCUT2D eigenvalue weighted by molar-refractivity contribution is -0.116. The van der Waals surface area contributed by atoms with Crippen molar-refractivity contribution in [3.05, 3.63) is 60.2 Å². The summed E-state index contributed by atoms with van der Waals surface area (Å²) >= 11 is 1.26. The maximum absolute atomic E-state index is 12.6. The fourth-order valence-corrected chi connectivity index (χ4v) is 3.45. The summed E-state index contributed by atoms with van der Waals surface area (Å²) in [6.07, 6.45) is 0. The van der Waals surface area contributed by atoms with Gasteiger partial charge in [-0.2, -0.15) is 0 Å². The van der Waals surface area contributed by atoms with Gasteiger partial charge < -0.3 is 9.32 Å². The maximum Gasteiger partial charge on any atom is 0.277 e. The molecule has 6 heteroatoms. The van der Waals surface area contributed by atoms with Crippen molar-refractivity contribution in [3.63, 3.8) is 0 Å². The number of hydrogen-bond acceptors (Lipinski definition) is 5. The van der Waals surface area contributed by atoms with Gasteiger partial charge >= 0.3 is 0 Å². The molecule has 0 N–H and O–H groups in total. The van der Waals surface area contributed by atoms with E-state index in [9.17, 15) is 4.79 Å². The third kappa shape index (κ3) is 4.81. The lowest BCUT2D eigenvalue weighted by Crippen LogP contribution is -2.32. The van der Waals surface area contributed by atoms with E-state index in [0.29, 0.717) is 17.7 Å². The third-order valence-electron chi connectivity index (χ3n) is 4.41. The first-order valence-corrected chi connectivity index (χ1v) is 10.3. The number of rotatable bonds is 6. The number of thioether (sulfide) groups is 1. The van der Waals surface area contributed by atoms with Crippen LogP contribution < -0.4 is 4.90 Å². The molecule has 146 valence electrons. The van der Waals surface area contributed by atoms with E-state index in [4.69, 9.17) is 4.42 Å². The lowest BCUT2D eigenvalue weighted by Gasteiger charge is -2.20. The van der Waals surface area contributed by atoms with Crippen LogP contribution in [-0.2, 0) is 10.2 Å². The molecule has 0 bridgehead atoms. The van der Waals surface area contributed by atoms with Gasteiger partial charge in [0.25, 0.3) is 5.22 Å². The molecule has 0 saturated heterocycles. The molecule has 0 saturated carbocycles. The minimum atomic E-state index is 0.00739. The van der Waals surface area contributed by atoms with Crippen LogP contribution in [0.2, 0.25) is 0 Å². The number of carbonyl (C=O) groups is 1. The van der Waals surface area contributed by atoms with Crippen molar-refractivity contribution in [3.8, 4) is 11.5 Å². The van der Waals surface area contributed by atoms with Crippen LogP contribution in [0.25, 0.3) is 11.5 Å². The Balaban J connectivity index is 1.64. The minimum Gasteiger partial charge on any atom is -0.411 e. The Labute approximate surface area is 170 Å². The number of anilines is 1. The number of hydrogen-bond donors (Lipinski definition) is 0. The molecule has 0 aliphatic heterocycles. The largest absolute Gasteiger partial charge is 0.411 e. The Morgan fingerprint density at radius 2 is 1.71 bits per heavy atom. The molecule has 3 rings (SSSR count). The second kappa shape index (κ2) is 8.61. The van der Waals surface area contributed by atoms with Crippen LogP contribution in [0.4, 0.5) is 5.69 Å². The Kier molecular flexibility index (Phi) is 6.19. The topological polar surface area (TPSA) is 59.2 Å². The fraction of sp³-hybridized carbons (Fsp3) is 0.318. The van der Waals surface area contributed by atoms with Crippen LogP contribution >= 0.6 is 11.8 Å². The Morgan fingerprint density at radius 3 is 2.32 bits per heavy atom. The van der Waals surface area contributed by atoms with Gasteiger partial charge in [0.05, 0.1) is 5.75 Å². The van der Waals surface area contributed by atoms with Crippen molar-refractivity contribution in [1.29, 1.82) is 0 Å². The molecule has 5 nitrogen and oxygen atoms in total. The summed E-state index contributed by atoms with van der Waals surface area (Å²) in [4.78, 5) is 14.3. The molecule has 0 atom stereocenters. The van der Waals surface area contributed by atoms with E-state index in [1.54, 1.807) is 4.90 Å². The number of benzene rings is 2. The predicted molar refractivity (Wildman–Crippen MR) is 114 cm³/mol. The zero-order valence-corrected chi connectivity index (χ0v) is 17.5. The zero-order valence-electron chi connectivity index (χ0n) is 16.7. The van der Waals surface area contributed by atoms with Gasteiger partial charge in [0, 0.05) is 17.8 Å². The molecular weight excluding hydrogens is 370 g/mol. The van der Waals surface area contributed by atoms with Gasteiger partial charge in [-0.3, -0.25) is 4.79 Å². The number of aromatic nitrogens is 2. The van der Waals surface area contributed by atoms with E-state index < -0.39 is 0 Å². The van der Waals surface area contributed by atoms with Crippen LogP contribution in [-0.4, -0.2) is 28.4 Å². The van der Waals surface area contributed by atoms with Crippen molar-refractivity contribution in [2.24, 2.45) is 0 Å². The van der Waals surface area contributed by atoms with Crippen molar-refractivity contribution in [2.45, 2.75) is 38.3 Å². The molecule has 0 aliphatic carbocycles. The highest BCUT2D eigenvalue weighted by molar-refractivity contribution is 7.99. The van der Waals surface area contributed by atoms with Crippen molar-refractivity contribution >= 4 is 23.4 Å². The van der Waals surface area contributed by atoms with Crippen LogP contribution in [0, 0.1) is 0 Å². The summed E-state index contributed by atoms with van der Waals surface area (Å²) in [5.41, 5.74) is 3.11. The van der Waals surface area contributed by atoms with Crippen molar-refractivity contribution < 1.29 is 9.21 Å². The summed E-state index contributed by atoms with van der Waals surface area (Å²) in [5, 5.41) is 8.58. The van der Waals surface area contributed by atoms with Gasteiger partial charge in [0.15, 0.2) is 0 Å². The molecule has 1 aromatic heterocycles. The molecule has 28 heavy (non-hydrogen) atoms. The number of para-hydroxylation sites is 1. The summed E-state index contributed by atoms with van der Waals surface area (Å²) < 4.78 is 5.73. The minimum absolute atomic E-state index is 0.00739. The second-order valence-electron chi connectivity index (χ2n) is 7.46. The highest BCUT2D eigenvalue weighted by Gasteiger charge is 2.17. The first-order valence-electron chi connectivity index (χ1n) is 9.31. The monoisotopic (exact) mass is 395 g/mol. The van der Waals surface area contributed by atoms with E-state index >= 15 is 0 Å². The zero-order chi connectivity index (χ0) is 20.1. The average molecular weight is 396 g/mol. The number of nitrogens with zero attached hydrogens (tertiary/aromatic N) is 3. The summed E-state index contributed by atoms with van der Waals surface area (Å²) in [6, 6.07) is 17.8. The van der Waals surface area contributed by atoms with Gasteiger partial charge in [0.2, 0.25) is 11.8 Å². The Bertz CT molecular complexity index is 915. The van der Waals surface area contributed by atoms with Crippen LogP contribution in [0.15, 0.2) is 64.2 Å². The lowest BCUT2D eigenvalue weighted by atomic mass is 9.87. The smallest absolute Gasteiger partial charge is 0.277 e. The molecule has 1 amide bonds. The van der Waals surface area contributed by atoms with Crippen LogP contribution in [0.1, 0.15) is 33.3 Å². The van der Waals surface area contributed by atoms with E-state index in [2.05, 4.69) is 43.1 Å². The quantitative estimate of drug-likeness (QED) is 0.538. The van der Waals surface area contributed by atoms with Gasteiger partial charge in [0.1, 0.15) is 0 Å². The van der Waals surface area contributed by atoms with Gasteiger partial charge in [-0.25, -0.2) is 0 Å². The summed E-state index contributed by atoms with van der Waals surface area (Å²) in [6.45, 7) is 9.10. The number of carbonyl (C=O) groups excluding carboxylic acids is 1. The summed E-state index contributed by atoms with van der Waals surface area (Å²) in [5.74, 6) is 0.714. The van der Waals surface area contributed by atoms with Crippen LogP contribution in [0.5, 0.6) is 0 Å². The average Bonchev–Trinajstić information content (AvgIpc) is 3.16.